The minimum absolute atomic E-state index is 0.107. The number of aromatic nitrogens is 7. The van der Waals surface area contributed by atoms with Crippen LogP contribution < -0.4 is 5.32 Å². The van der Waals surface area contributed by atoms with Crippen LogP contribution in [-0.2, 0) is 11.2 Å². The number of nitrogens with one attached hydrogen (secondary N) is 3. The predicted molar refractivity (Wildman–Crippen MR) is 154 cm³/mol. The summed E-state index contributed by atoms with van der Waals surface area (Å²) in [6, 6.07) is 19.5. The molecule has 0 spiro atoms. The Balaban J connectivity index is 1.21. The van der Waals surface area contributed by atoms with Crippen LogP contribution in [0.1, 0.15) is 5.56 Å². The number of pyridine rings is 4. The molecule has 192 valence electrons. The standard InChI is InChI=1S/C31H22N8O/c40-30(9-19-5-2-1-3-6-19)36-22-10-21(14-33-15-22)26-12-24-29(18-35-26)38-39-31(24)27-11-23-25(16-34-17-28(23)37-27)20-7-4-8-32-13-20/h1-8,10-18,37H,9H2,(H,36,40)(H,38,39). The number of benzene rings is 1. The third kappa shape index (κ3) is 4.45. The van der Waals surface area contributed by atoms with Crippen LogP contribution in [0.5, 0.6) is 0 Å². The van der Waals surface area contributed by atoms with E-state index in [4.69, 9.17) is 0 Å². The monoisotopic (exact) mass is 522 g/mol. The zero-order chi connectivity index (χ0) is 26.9. The average molecular weight is 523 g/mol. The second-order valence-electron chi connectivity index (χ2n) is 9.43. The molecule has 0 aliphatic heterocycles. The van der Waals surface area contributed by atoms with E-state index in [2.05, 4.69) is 46.5 Å². The summed E-state index contributed by atoms with van der Waals surface area (Å²) < 4.78 is 0. The third-order valence-electron chi connectivity index (χ3n) is 6.75. The molecule has 0 atom stereocenters. The van der Waals surface area contributed by atoms with Gasteiger partial charge in [-0.2, -0.15) is 5.10 Å². The second-order valence-corrected chi connectivity index (χ2v) is 9.43. The van der Waals surface area contributed by atoms with Gasteiger partial charge in [0.2, 0.25) is 5.91 Å². The van der Waals surface area contributed by atoms with E-state index in [-0.39, 0.29) is 12.3 Å². The van der Waals surface area contributed by atoms with E-state index in [1.807, 2.05) is 73.2 Å². The Hall–Kier alpha value is -5.70. The summed E-state index contributed by atoms with van der Waals surface area (Å²) in [7, 11) is 0. The van der Waals surface area contributed by atoms with Crippen molar-refractivity contribution in [3.05, 3.63) is 110 Å². The number of anilines is 1. The van der Waals surface area contributed by atoms with Gasteiger partial charge in [0.1, 0.15) is 5.69 Å². The summed E-state index contributed by atoms with van der Waals surface area (Å²) in [6.07, 6.45) is 12.7. The molecule has 7 rings (SSSR count). The third-order valence-corrected chi connectivity index (χ3v) is 6.75. The summed E-state index contributed by atoms with van der Waals surface area (Å²) in [5.74, 6) is -0.107. The maximum Gasteiger partial charge on any atom is 0.228 e. The molecule has 9 nitrogen and oxygen atoms in total. The quantitative estimate of drug-likeness (QED) is 0.253. The molecule has 0 unspecified atom stereocenters. The lowest BCUT2D eigenvalue weighted by atomic mass is 10.1. The first-order chi connectivity index (χ1) is 19.7. The van der Waals surface area contributed by atoms with Crippen LogP contribution in [0.4, 0.5) is 5.69 Å². The maximum atomic E-state index is 12.6. The number of nitrogens with zero attached hydrogens (tertiary/aromatic N) is 5. The van der Waals surface area contributed by atoms with Gasteiger partial charge in [0.15, 0.2) is 0 Å². The highest BCUT2D eigenvalue weighted by Crippen LogP contribution is 2.34. The molecule has 1 amide bonds. The number of hydrogen-bond acceptors (Lipinski definition) is 6. The van der Waals surface area contributed by atoms with E-state index >= 15 is 0 Å². The zero-order valence-corrected chi connectivity index (χ0v) is 21.2. The largest absolute Gasteiger partial charge is 0.352 e. The van der Waals surface area contributed by atoms with Crippen molar-refractivity contribution < 1.29 is 4.79 Å². The number of aromatic amines is 2. The van der Waals surface area contributed by atoms with E-state index in [1.54, 1.807) is 24.8 Å². The number of carbonyl (C=O) groups is 1. The number of amides is 1. The van der Waals surface area contributed by atoms with Crippen LogP contribution >= 0.6 is 0 Å². The topological polar surface area (TPSA) is 125 Å². The Morgan fingerprint density at radius 1 is 0.775 bits per heavy atom. The lowest BCUT2D eigenvalue weighted by Gasteiger charge is -2.07. The summed E-state index contributed by atoms with van der Waals surface area (Å²) in [4.78, 5) is 33.7. The number of hydrogen-bond donors (Lipinski definition) is 3. The van der Waals surface area contributed by atoms with Crippen molar-refractivity contribution >= 4 is 33.4 Å². The van der Waals surface area contributed by atoms with Gasteiger partial charge in [-0.25, -0.2) is 0 Å². The van der Waals surface area contributed by atoms with E-state index in [0.717, 1.165) is 61.1 Å². The van der Waals surface area contributed by atoms with E-state index < -0.39 is 0 Å². The summed E-state index contributed by atoms with van der Waals surface area (Å²) >= 11 is 0. The highest BCUT2D eigenvalue weighted by molar-refractivity contribution is 6.01. The minimum Gasteiger partial charge on any atom is -0.352 e. The highest BCUT2D eigenvalue weighted by atomic mass is 16.1. The Kier molecular flexibility index (Phi) is 5.78. The first-order valence-corrected chi connectivity index (χ1v) is 12.7. The van der Waals surface area contributed by atoms with Gasteiger partial charge >= 0.3 is 0 Å². The average Bonchev–Trinajstić information content (AvgIpc) is 3.62. The van der Waals surface area contributed by atoms with Crippen molar-refractivity contribution in [2.75, 3.05) is 5.32 Å². The van der Waals surface area contributed by atoms with Crippen molar-refractivity contribution in [2.24, 2.45) is 0 Å². The number of rotatable bonds is 6. The molecule has 3 N–H and O–H groups in total. The molecular weight excluding hydrogens is 500 g/mol. The Labute approximate surface area is 228 Å². The minimum atomic E-state index is -0.107. The summed E-state index contributed by atoms with van der Waals surface area (Å²) in [5, 5.41) is 12.6. The molecule has 0 radical (unpaired) electrons. The van der Waals surface area contributed by atoms with Crippen molar-refractivity contribution in [3.8, 4) is 33.8 Å². The fourth-order valence-electron chi connectivity index (χ4n) is 4.85. The number of H-pyrrole nitrogens is 2. The zero-order valence-electron chi connectivity index (χ0n) is 21.2. The first-order valence-electron chi connectivity index (χ1n) is 12.7. The fraction of sp³-hybridized carbons (Fsp3) is 0.0323. The van der Waals surface area contributed by atoms with Crippen LogP contribution in [0.15, 0.2) is 104 Å². The van der Waals surface area contributed by atoms with Gasteiger partial charge < -0.3 is 10.3 Å². The van der Waals surface area contributed by atoms with Crippen molar-refractivity contribution in [3.63, 3.8) is 0 Å². The first kappa shape index (κ1) is 23.4. The molecule has 6 heterocycles. The van der Waals surface area contributed by atoms with E-state index in [0.29, 0.717) is 5.69 Å². The molecule has 0 saturated carbocycles. The fourth-order valence-corrected chi connectivity index (χ4v) is 4.85. The van der Waals surface area contributed by atoms with E-state index in [9.17, 15) is 4.79 Å². The van der Waals surface area contributed by atoms with Gasteiger partial charge in [-0.1, -0.05) is 36.4 Å². The smallest absolute Gasteiger partial charge is 0.228 e. The predicted octanol–water partition coefficient (Wildman–Crippen LogP) is 5.81. The Morgan fingerprint density at radius 3 is 2.52 bits per heavy atom. The van der Waals surface area contributed by atoms with Crippen LogP contribution in [0.3, 0.4) is 0 Å². The SMILES string of the molecule is O=C(Cc1ccccc1)Nc1cncc(-c2cc3c(-c4cc5c(-c6cccnc6)cncc5[nH]4)n[nH]c3cn2)c1. The molecule has 1 aromatic carbocycles. The normalized spacial score (nSPS) is 11.2. The second kappa shape index (κ2) is 9.88. The van der Waals surface area contributed by atoms with Gasteiger partial charge in [0.25, 0.3) is 0 Å². The van der Waals surface area contributed by atoms with Gasteiger partial charge in [0, 0.05) is 52.3 Å². The molecule has 9 heteroatoms. The van der Waals surface area contributed by atoms with E-state index in [1.165, 1.54) is 0 Å². The molecule has 7 aromatic rings. The lowest BCUT2D eigenvalue weighted by molar-refractivity contribution is -0.115. The van der Waals surface area contributed by atoms with Gasteiger partial charge in [-0.05, 0) is 29.8 Å². The lowest BCUT2D eigenvalue weighted by Crippen LogP contribution is -2.14. The van der Waals surface area contributed by atoms with Crippen LogP contribution in [0, 0.1) is 0 Å². The van der Waals surface area contributed by atoms with Gasteiger partial charge in [0.05, 0.1) is 53.1 Å². The van der Waals surface area contributed by atoms with Crippen molar-refractivity contribution in [2.45, 2.75) is 6.42 Å². The molecule has 0 saturated heterocycles. The van der Waals surface area contributed by atoms with Gasteiger partial charge in [-0.15, -0.1) is 0 Å². The Morgan fingerprint density at radius 2 is 1.65 bits per heavy atom. The number of carbonyl (C=O) groups excluding carboxylic acids is 1. The van der Waals surface area contributed by atoms with Crippen LogP contribution in [0.25, 0.3) is 55.6 Å². The summed E-state index contributed by atoms with van der Waals surface area (Å²) in [6.45, 7) is 0. The molecule has 0 aliphatic carbocycles. The molecule has 0 aliphatic rings. The summed E-state index contributed by atoms with van der Waals surface area (Å²) in [5.41, 5.74) is 8.39. The van der Waals surface area contributed by atoms with Gasteiger partial charge in [-0.3, -0.25) is 29.8 Å². The molecular formula is C31H22N8O. The Bertz CT molecular complexity index is 1980. The number of fused-ring (bicyclic) bond motifs is 2. The van der Waals surface area contributed by atoms with Crippen molar-refractivity contribution in [1.82, 2.24) is 35.1 Å². The highest BCUT2D eigenvalue weighted by Gasteiger charge is 2.16. The molecule has 40 heavy (non-hydrogen) atoms. The maximum absolute atomic E-state index is 12.6. The molecule has 0 fully saturated rings. The molecule has 6 aromatic heterocycles. The molecule has 0 bridgehead atoms. The van der Waals surface area contributed by atoms with Crippen LogP contribution in [0.2, 0.25) is 0 Å². The van der Waals surface area contributed by atoms with Crippen LogP contribution in [-0.4, -0.2) is 41.0 Å². The van der Waals surface area contributed by atoms with Crippen molar-refractivity contribution in [1.29, 1.82) is 0 Å².